The zero-order valence-corrected chi connectivity index (χ0v) is 12.5. The van der Waals surface area contributed by atoms with E-state index in [1.807, 2.05) is 6.92 Å². The van der Waals surface area contributed by atoms with Gasteiger partial charge >= 0.3 is 0 Å². The molecule has 0 spiro atoms. The second kappa shape index (κ2) is 6.53. The first-order chi connectivity index (χ1) is 8.35. The summed E-state index contributed by atoms with van der Waals surface area (Å²) >= 11 is 0. The second-order valence-electron chi connectivity index (χ2n) is 6.11. The molecule has 1 aliphatic carbocycles. The Morgan fingerprint density at radius 2 is 2.06 bits per heavy atom. The van der Waals surface area contributed by atoms with E-state index in [4.69, 9.17) is 0 Å². The maximum absolute atomic E-state index is 12.0. The molecule has 2 N–H and O–H groups in total. The third kappa shape index (κ3) is 5.36. The van der Waals surface area contributed by atoms with Gasteiger partial charge in [-0.2, -0.15) is 0 Å². The summed E-state index contributed by atoms with van der Waals surface area (Å²) in [5, 5.41) is 6.35. The van der Waals surface area contributed by atoms with Gasteiger partial charge in [0.1, 0.15) is 0 Å². The Kier molecular flexibility index (Phi) is 5.60. The molecule has 1 saturated carbocycles. The summed E-state index contributed by atoms with van der Waals surface area (Å²) in [6.45, 7) is 10.0. The van der Waals surface area contributed by atoms with E-state index in [1.165, 1.54) is 12.8 Å². The van der Waals surface area contributed by atoms with E-state index in [0.717, 1.165) is 25.6 Å². The highest BCUT2D eigenvalue weighted by Gasteiger charge is 2.26. The largest absolute Gasteiger partial charge is 0.350 e. The van der Waals surface area contributed by atoms with Gasteiger partial charge in [-0.25, -0.2) is 0 Å². The van der Waals surface area contributed by atoms with E-state index < -0.39 is 0 Å². The fourth-order valence-electron chi connectivity index (χ4n) is 1.78. The van der Waals surface area contributed by atoms with Crippen LogP contribution in [0.4, 0.5) is 0 Å². The molecule has 0 radical (unpaired) electrons. The Morgan fingerprint density at radius 1 is 1.44 bits per heavy atom. The van der Waals surface area contributed by atoms with Crippen molar-refractivity contribution in [3.63, 3.8) is 0 Å². The first-order valence-electron chi connectivity index (χ1n) is 7.11. The molecule has 0 aromatic carbocycles. The lowest BCUT2D eigenvalue weighted by Gasteiger charge is -2.27. The number of carbonyl (C=O) groups excluding carboxylic acids is 1. The Bertz CT molecular complexity index is 274. The zero-order chi connectivity index (χ0) is 13.8. The molecule has 4 heteroatoms. The van der Waals surface area contributed by atoms with Crippen LogP contribution in [0.15, 0.2) is 0 Å². The topological polar surface area (TPSA) is 44.4 Å². The Labute approximate surface area is 111 Å². The quantitative estimate of drug-likeness (QED) is 0.688. The Morgan fingerprint density at radius 3 is 2.56 bits per heavy atom. The molecule has 0 aromatic heterocycles. The average Bonchev–Trinajstić information content (AvgIpc) is 3.11. The first-order valence-corrected chi connectivity index (χ1v) is 7.11. The van der Waals surface area contributed by atoms with Gasteiger partial charge in [-0.15, -0.1) is 0 Å². The lowest BCUT2D eigenvalue weighted by atomic mass is 10.0. The minimum absolute atomic E-state index is 0.0934. The Balaban J connectivity index is 2.18. The van der Waals surface area contributed by atoms with Gasteiger partial charge in [0.15, 0.2) is 0 Å². The molecule has 0 bridgehead atoms. The molecule has 0 saturated heterocycles. The third-order valence-electron chi connectivity index (χ3n) is 3.82. The summed E-state index contributed by atoms with van der Waals surface area (Å²) in [7, 11) is 2.16. The van der Waals surface area contributed by atoms with Crippen LogP contribution in [-0.2, 0) is 4.79 Å². The first kappa shape index (κ1) is 15.4. The number of rotatable bonds is 8. The van der Waals surface area contributed by atoms with E-state index in [-0.39, 0.29) is 17.5 Å². The second-order valence-corrected chi connectivity index (χ2v) is 6.11. The lowest BCUT2D eigenvalue weighted by molar-refractivity contribution is -0.124. The van der Waals surface area contributed by atoms with Gasteiger partial charge in [0.25, 0.3) is 0 Å². The fraction of sp³-hybridized carbons (Fsp3) is 0.929. The van der Waals surface area contributed by atoms with Gasteiger partial charge in [0, 0.05) is 24.7 Å². The molecule has 1 fully saturated rings. The van der Waals surface area contributed by atoms with Crippen LogP contribution < -0.4 is 10.6 Å². The lowest BCUT2D eigenvalue weighted by Crippen LogP contribution is -2.51. The minimum Gasteiger partial charge on any atom is -0.350 e. The SMILES string of the molecule is CCC(C)(C)NC(=O)C(C)NCCN(C)C1CC1. The highest BCUT2D eigenvalue weighted by atomic mass is 16.2. The molecule has 0 aliphatic heterocycles. The summed E-state index contributed by atoms with van der Waals surface area (Å²) < 4.78 is 0. The number of nitrogens with one attached hydrogen (secondary N) is 2. The van der Waals surface area contributed by atoms with Crippen molar-refractivity contribution in [1.82, 2.24) is 15.5 Å². The minimum atomic E-state index is -0.122. The highest BCUT2D eigenvalue weighted by Crippen LogP contribution is 2.24. The molecule has 1 amide bonds. The fourth-order valence-corrected chi connectivity index (χ4v) is 1.78. The van der Waals surface area contributed by atoms with Gasteiger partial charge in [0.2, 0.25) is 5.91 Å². The van der Waals surface area contributed by atoms with E-state index >= 15 is 0 Å². The van der Waals surface area contributed by atoms with Crippen LogP contribution >= 0.6 is 0 Å². The normalized spacial score (nSPS) is 17.9. The summed E-state index contributed by atoms with van der Waals surface area (Å²) in [5.41, 5.74) is -0.113. The van der Waals surface area contributed by atoms with Crippen molar-refractivity contribution in [1.29, 1.82) is 0 Å². The van der Waals surface area contributed by atoms with Crippen LogP contribution in [0.2, 0.25) is 0 Å². The zero-order valence-electron chi connectivity index (χ0n) is 12.5. The van der Waals surface area contributed by atoms with Gasteiger partial charge in [-0.1, -0.05) is 6.92 Å². The predicted octanol–water partition coefficient (Wildman–Crippen LogP) is 1.36. The molecule has 1 aliphatic rings. The maximum Gasteiger partial charge on any atom is 0.237 e. The van der Waals surface area contributed by atoms with E-state index in [1.54, 1.807) is 0 Å². The number of carbonyl (C=O) groups is 1. The van der Waals surface area contributed by atoms with Crippen molar-refractivity contribution in [3.05, 3.63) is 0 Å². The number of amides is 1. The third-order valence-corrected chi connectivity index (χ3v) is 3.82. The van der Waals surface area contributed by atoms with E-state index in [9.17, 15) is 4.79 Å². The molecule has 1 atom stereocenters. The van der Waals surface area contributed by atoms with Crippen LogP contribution in [0.25, 0.3) is 0 Å². The van der Waals surface area contributed by atoms with E-state index in [0.29, 0.717) is 0 Å². The van der Waals surface area contributed by atoms with Gasteiger partial charge in [-0.3, -0.25) is 4.79 Å². The van der Waals surface area contributed by atoms with Crippen LogP contribution in [0, 0.1) is 0 Å². The molecule has 0 aromatic rings. The van der Waals surface area contributed by atoms with Gasteiger partial charge in [-0.05, 0) is 47.1 Å². The highest BCUT2D eigenvalue weighted by molar-refractivity contribution is 5.81. The predicted molar refractivity (Wildman–Crippen MR) is 75.6 cm³/mol. The van der Waals surface area contributed by atoms with Crippen molar-refractivity contribution in [2.24, 2.45) is 0 Å². The van der Waals surface area contributed by atoms with Crippen molar-refractivity contribution in [3.8, 4) is 0 Å². The standard InChI is InChI=1S/C14H29N3O/c1-6-14(3,4)16-13(18)11(2)15-9-10-17(5)12-7-8-12/h11-12,15H,6-10H2,1-5H3,(H,16,18). The molecule has 106 valence electrons. The number of likely N-dealkylation sites (N-methyl/N-ethyl adjacent to an activating group) is 1. The van der Waals surface area contributed by atoms with Crippen LogP contribution in [-0.4, -0.2) is 48.6 Å². The van der Waals surface area contributed by atoms with Crippen molar-refractivity contribution in [2.75, 3.05) is 20.1 Å². The molecular formula is C14H29N3O. The molecular weight excluding hydrogens is 226 g/mol. The van der Waals surface area contributed by atoms with Crippen molar-refractivity contribution in [2.45, 2.75) is 64.6 Å². The maximum atomic E-state index is 12.0. The van der Waals surface area contributed by atoms with Crippen LogP contribution in [0.3, 0.4) is 0 Å². The van der Waals surface area contributed by atoms with Gasteiger partial charge in [0.05, 0.1) is 6.04 Å². The Hall–Kier alpha value is -0.610. The molecule has 4 nitrogen and oxygen atoms in total. The van der Waals surface area contributed by atoms with Crippen molar-refractivity contribution >= 4 is 5.91 Å². The van der Waals surface area contributed by atoms with Crippen LogP contribution in [0.5, 0.6) is 0 Å². The summed E-state index contributed by atoms with van der Waals surface area (Å²) in [4.78, 5) is 14.3. The smallest absolute Gasteiger partial charge is 0.237 e. The average molecular weight is 255 g/mol. The number of hydrogen-bond donors (Lipinski definition) is 2. The van der Waals surface area contributed by atoms with Gasteiger partial charge < -0.3 is 15.5 Å². The van der Waals surface area contributed by atoms with Crippen molar-refractivity contribution < 1.29 is 4.79 Å². The van der Waals surface area contributed by atoms with E-state index in [2.05, 4.69) is 43.4 Å². The molecule has 18 heavy (non-hydrogen) atoms. The molecule has 1 rings (SSSR count). The number of hydrogen-bond acceptors (Lipinski definition) is 3. The summed E-state index contributed by atoms with van der Waals surface area (Å²) in [6, 6.07) is 0.665. The van der Waals surface area contributed by atoms with Crippen LogP contribution in [0.1, 0.15) is 47.0 Å². The molecule has 0 heterocycles. The molecule has 1 unspecified atom stereocenters. The monoisotopic (exact) mass is 255 g/mol. The summed E-state index contributed by atoms with van der Waals surface area (Å²) in [6.07, 6.45) is 3.60. The summed E-state index contributed by atoms with van der Waals surface area (Å²) in [5.74, 6) is 0.0934. The number of nitrogens with zero attached hydrogens (tertiary/aromatic N) is 1.